The first kappa shape index (κ1) is 18.2. The zero-order valence-electron chi connectivity index (χ0n) is 14.9. The number of hydrogen-bond donors (Lipinski definition) is 1. The van der Waals surface area contributed by atoms with Gasteiger partial charge in [0, 0.05) is 31.9 Å². The molecule has 2 aliphatic heterocycles. The van der Waals surface area contributed by atoms with E-state index in [-0.39, 0.29) is 23.8 Å². The van der Waals surface area contributed by atoms with Gasteiger partial charge in [-0.3, -0.25) is 0 Å². The average molecular weight is 395 g/mol. The molecular formula is C17H21N3O6S. The molecule has 0 unspecified atom stereocenters. The van der Waals surface area contributed by atoms with Crippen LogP contribution in [0.4, 0.5) is 0 Å². The molecule has 2 atom stereocenters. The lowest BCUT2D eigenvalue weighted by atomic mass is 10.2. The van der Waals surface area contributed by atoms with Crippen molar-refractivity contribution in [2.45, 2.75) is 43.2 Å². The van der Waals surface area contributed by atoms with Gasteiger partial charge in [0.25, 0.3) is 0 Å². The minimum Gasteiger partial charge on any atom is -0.490 e. The molecule has 4 rings (SSSR count). The predicted octanol–water partition coefficient (Wildman–Crippen LogP) is 1.29. The second kappa shape index (κ2) is 7.10. The van der Waals surface area contributed by atoms with Crippen molar-refractivity contribution in [1.29, 1.82) is 0 Å². The standard InChI is InChI=1S/C17H21N3O6S/c1-2-16-18-17(26-19-16)13-8-11(21)10-20(13)27(22,23)12-4-5-14-15(9-12)25-7-3-6-24-14/h4-5,9,11,13,21H,2-3,6-8,10H2,1H3/t11-,13+/m0/s1. The van der Waals surface area contributed by atoms with E-state index in [1.54, 1.807) is 6.07 Å². The SMILES string of the molecule is CCc1noc([C@H]2C[C@H](O)CN2S(=O)(=O)c2ccc3c(c2)OCCCO3)n1. The van der Waals surface area contributed by atoms with Gasteiger partial charge in [-0.25, -0.2) is 8.42 Å². The van der Waals surface area contributed by atoms with Crippen LogP contribution >= 0.6 is 0 Å². The first-order valence-corrected chi connectivity index (χ1v) is 10.3. The van der Waals surface area contributed by atoms with Crippen LogP contribution in [0.25, 0.3) is 0 Å². The molecule has 0 bridgehead atoms. The number of sulfonamides is 1. The van der Waals surface area contributed by atoms with E-state index >= 15 is 0 Å². The van der Waals surface area contributed by atoms with Crippen molar-refractivity contribution in [3.05, 3.63) is 29.9 Å². The van der Waals surface area contributed by atoms with E-state index in [2.05, 4.69) is 10.1 Å². The molecule has 27 heavy (non-hydrogen) atoms. The zero-order valence-corrected chi connectivity index (χ0v) is 15.7. The molecule has 10 heteroatoms. The Morgan fingerprint density at radius 2 is 2.04 bits per heavy atom. The molecule has 0 saturated carbocycles. The topological polar surface area (TPSA) is 115 Å². The van der Waals surface area contributed by atoms with Gasteiger partial charge in [-0.05, 0) is 12.1 Å². The number of aliphatic hydroxyl groups excluding tert-OH is 1. The summed E-state index contributed by atoms with van der Waals surface area (Å²) in [7, 11) is -3.90. The fourth-order valence-corrected chi connectivity index (χ4v) is 4.91. The molecule has 0 radical (unpaired) electrons. The van der Waals surface area contributed by atoms with Crippen LogP contribution in [0, 0.1) is 0 Å². The maximum absolute atomic E-state index is 13.2. The summed E-state index contributed by atoms with van der Waals surface area (Å²) in [5.74, 6) is 1.62. The second-order valence-corrected chi connectivity index (χ2v) is 8.43. The van der Waals surface area contributed by atoms with Crippen molar-refractivity contribution in [3.8, 4) is 11.5 Å². The van der Waals surface area contributed by atoms with E-state index in [0.717, 1.165) is 6.42 Å². The Bertz CT molecular complexity index is 929. The monoisotopic (exact) mass is 395 g/mol. The predicted molar refractivity (Wildman–Crippen MR) is 93.0 cm³/mol. The molecule has 0 spiro atoms. The average Bonchev–Trinajstić information content (AvgIpc) is 3.21. The first-order chi connectivity index (χ1) is 13.0. The van der Waals surface area contributed by atoms with Crippen molar-refractivity contribution in [1.82, 2.24) is 14.4 Å². The summed E-state index contributed by atoms with van der Waals surface area (Å²) in [6.07, 6.45) is 0.707. The van der Waals surface area contributed by atoms with Gasteiger partial charge >= 0.3 is 0 Å². The maximum Gasteiger partial charge on any atom is 0.245 e. The molecule has 2 aromatic rings. The van der Waals surface area contributed by atoms with Gasteiger partial charge in [-0.15, -0.1) is 0 Å². The highest BCUT2D eigenvalue weighted by Gasteiger charge is 2.43. The van der Waals surface area contributed by atoms with E-state index in [9.17, 15) is 13.5 Å². The Kier molecular flexibility index (Phi) is 4.79. The van der Waals surface area contributed by atoms with Crippen LogP contribution < -0.4 is 9.47 Å². The fourth-order valence-electron chi connectivity index (χ4n) is 3.26. The molecule has 1 N–H and O–H groups in total. The third-order valence-corrected chi connectivity index (χ3v) is 6.51. The highest BCUT2D eigenvalue weighted by atomic mass is 32.2. The van der Waals surface area contributed by atoms with Crippen molar-refractivity contribution < 1.29 is 27.5 Å². The number of fused-ring (bicyclic) bond motifs is 1. The molecular weight excluding hydrogens is 374 g/mol. The quantitative estimate of drug-likeness (QED) is 0.823. The highest BCUT2D eigenvalue weighted by Crippen LogP contribution is 2.38. The molecule has 146 valence electrons. The van der Waals surface area contributed by atoms with Gasteiger partial charge in [0.1, 0.15) is 6.04 Å². The number of ether oxygens (including phenoxy) is 2. The second-order valence-electron chi connectivity index (χ2n) is 6.54. The molecule has 1 aromatic heterocycles. The van der Waals surface area contributed by atoms with Gasteiger partial charge in [0.15, 0.2) is 17.3 Å². The van der Waals surface area contributed by atoms with Gasteiger partial charge in [0.2, 0.25) is 15.9 Å². The number of nitrogens with zero attached hydrogens (tertiary/aromatic N) is 3. The summed E-state index contributed by atoms with van der Waals surface area (Å²) in [5.41, 5.74) is 0. The smallest absolute Gasteiger partial charge is 0.245 e. The van der Waals surface area contributed by atoms with E-state index < -0.39 is 22.2 Å². The fraction of sp³-hybridized carbons (Fsp3) is 0.529. The number of aryl methyl sites for hydroxylation is 1. The van der Waals surface area contributed by atoms with Gasteiger partial charge in [-0.2, -0.15) is 9.29 Å². The Labute approximate surface area is 156 Å². The molecule has 1 fully saturated rings. The van der Waals surface area contributed by atoms with Crippen LogP contribution in [0.2, 0.25) is 0 Å². The number of aromatic nitrogens is 2. The van der Waals surface area contributed by atoms with Crippen molar-refractivity contribution in [3.63, 3.8) is 0 Å². The minimum absolute atomic E-state index is 0.0364. The van der Waals surface area contributed by atoms with Crippen LogP contribution in [0.15, 0.2) is 27.6 Å². The van der Waals surface area contributed by atoms with Gasteiger partial charge in [-0.1, -0.05) is 12.1 Å². The van der Waals surface area contributed by atoms with Crippen molar-refractivity contribution in [2.75, 3.05) is 19.8 Å². The highest BCUT2D eigenvalue weighted by molar-refractivity contribution is 7.89. The summed E-state index contributed by atoms with van der Waals surface area (Å²) in [6.45, 7) is 2.83. The Hall–Kier alpha value is -2.17. The largest absolute Gasteiger partial charge is 0.490 e. The molecule has 9 nitrogen and oxygen atoms in total. The minimum atomic E-state index is -3.90. The van der Waals surface area contributed by atoms with Gasteiger partial charge in [0.05, 0.1) is 24.2 Å². The van der Waals surface area contributed by atoms with E-state index in [1.807, 2.05) is 6.92 Å². The zero-order chi connectivity index (χ0) is 19.0. The number of rotatable bonds is 4. The maximum atomic E-state index is 13.2. The summed E-state index contributed by atoms with van der Waals surface area (Å²) in [5, 5.41) is 13.9. The Morgan fingerprint density at radius 1 is 1.26 bits per heavy atom. The van der Waals surface area contributed by atoms with Crippen LogP contribution in [-0.2, 0) is 16.4 Å². The molecule has 0 aliphatic carbocycles. The third-order valence-electron chi connectivity index (χ3n) is 4.64. The van der Waals surface area contributed by atoms with Crippen LogP contribution in [0.3, 0.4) is 0 Å². The van der Waals surface area contributed by atoms with Crippen LogP contribution in [0.5, 0.6) is 11.5 Å². The van der Waals surface area contributed by atoms with Gasteiger partial charge < -0.3 is 19.1 Å². The Balaban J connectivity index is 1.68. The lowest BCUT2D eigenvalue weighted by Gasteiger charge is -2.21. The van der Waals surface area contributed by atoms with E-state index in [4.69, 9.17) is 14.0 Å². The Morgan fingerprint density at radius 3 is 2.78 bits per heavy atom. The third kappa shape index (κ3) is 3.40. The van der Waals surface area contributed by atoms with Crippen molar-refractivity contribution >= 4 is 10.0 Å². The molecule has 0 amide bonds. The summed E-state index contributed by atoms with van der Waals surface area (Å²) in [4.78, 5) is 4.32. The number of benzene rings is 1. The molecule has 2 aliphatic rings. The molecule has 3 heterocycles. The number of hydrogen-bond acceptors (Lipinski definition) is 8. The van der Waals surface area contributed by atoms with E-state index in [0.29, 0.717) is 37.0 Å². The van der Waals surface area contributed by atoms with Crippen LogP contribution in [0.1, 0.15) is 37.5 Å². The lowest BCUT2D eigenvalue weighted by Crippen LogP contribution is -2.32. The summed E-state index contributed by atoms with van der Waals surface area (Å²) in [6, 6.07) is 3.84. The lowest BCUT2D eigenvalue weighted by molar-refractivity contribution is 0.188. The van der Waals surface area contributed by atoms with Crippen molar-refractivity contribution in [2.24, 2.45) is 0 Å². The number of aliphatic hydroxyl groups is 1. The van der Waals surface area contributed by atoms with Crippen LogP contribution in [-0.4, -0.2) is 53.8 Å². The normalized spacial score (nSPS) is 23.3. The number of β-amino-alcohol motifs (C(OH)–C–C–N with tert-alkyl or cyclic N) is 1. The summed E-state index contributed by atoms with van der Waals surface area (Å²) < 4.78 is 44.1. The first-order valence-electron chi connectivity index (χ1n) is 8.91. The molecule has 1 aromatic carbocycles. The van der Waals surface area contributed by atoms with E-state index in [1.165, 1.54) is 16.4 Å². The summed E-state index contributed by atoms with van der Waals surface area (Å²) >= 11 is 0. The molecule has 1 saturated heterocycles.